The van der Waals surface area contributed by atoms with E-state index in [4.69, 9.17) is 4.74 Å². The first-order valence-electron chi connectivity index (χ1n) is 9.63. The predicted octanol–water partition coefficient (Wildman–Crippen LogP) is 1.67. The molecule has 27 heavy (non-hydrogen) atoms. The standard InChI is InChI=1S/C19H30N4O4/c1-3-27-12-4-9-23(14-15(2)19(25)26)18(24)16-5-10-22(11-6-16)17-13-20-7-8-21-17/h7-8,13,15-16H,3-6,9-12,14H2,1-2H3,(H,25,26). The van der Waals surface area contributed by atoms with Crippen LogP contribution in [0.3, 0.4) is 0 Å². The molecule has 1 aromatic rings. The Morgan fingerprint density at radius 2 is 2.11 bits per heavy atom. The van der Waals surface area contributed by atoms with Gasteiger partial charge in [0.1, 0.15) is 5.82 Å². The second kappa shape index (κ2) is 10.8. The lowest BCUT2D eigenvalue weighted by atomic mass is 9.94. The lowest BCUT2D eigenvalue weighted by Crippen LogP contribution is -2.45. The molecule has 0 saturated carbocycles. The zero-order valence-corrected chi connectivity index (χ0v) is 16.2. The topological polar surface area (TPSA) is 95.9 Å². The Morgan fingerprint density at radius 3 is 2.70 bits per heavy atom. The van der Waals surface area contributed by atoms with E-state index in [1.165, 1.54) is 0 Å². The number of aliphatic carboxylic acids is 1. The average molecular weight is 378 g/mol. The van der Waals surface area contributed by atoms with Crippen LogP contribution in [0.1, 0.15) is 33.1 Å². The maximum absolute atomic E-state index is 13.0. The fourth-order valence-electron chi connectivity index (χ4n) is 3.27. The summed E-state index contributed by atoms with van der Waals surface area (Å²) in [5.41, 5.74) is 0. The van der Waals surface area contributed by atoms with Crippen molar-refractivity contribution in [2.45, 2.75) is 33.1 Å². The number of nitrogens with zero attached hydrogens (tertiary/aromatic N) is 4. The number of carboxylic acids is 1. The number of amides is 1. The van der Waals surface area contributed by atoms with Crippen molar-refractivity contribution in [1.82, 2.24) is 14.9 Å². The van der Waals surface area contributed by atoms with Gasteiger partial charge >= 0.3 is 5.97 Å². The van der Waals surface area contributed by atoms with E-state index in [0.29, 0.717) is 26.2 Å². The molecular formula is C19H30N4O4. The third-order valence-corrected chi connectivity index (χ3v) is 4.87. The van der Waals surface area contributed by atoms with Gasteiger partial charge in [0.05, 0.1) is 12.1 Å². The van der Waals surface area contributed by atoms with Gasteiger partial charge in [0.15, 0.2) is 0 Å². The Balaban J connectivity index is 1.92. The molecule has 1 fully saturated rings. The normalized spacial score (nSPS) is 16.1. The number of piperidine rings is 1. The number of hydrogen-bond acceptors (Lipinski definition) is 6. The molecule has 1 N–H and O–H groups in total. The molecule has 0 aromatic carbocycles. The highest BCUT2D eigenvalue weighted by Crippen LogP contribution is 2.23. The molecule has 1 amide bonds. The number of ether oxygens (including phenoxy) is 1. The Hall–Kier alpha value is -2.22. The van der Waals surface area contributed by atoms with E-state index in [1.807, 2.05) is 6.92 Å². The summed E-state index contributed by atoms with van der Waals surface area (Å²) >= 11 is 0. The maximum Gasteiger partial charge on any atom is 0.308 e. The van der Waals surface area contributed by atoms with Crippen LogP contribution in [-0.4, -0.2) is 71.2 Å². The van der Waals surface area contributed by atoms with Gasteiger partial charge in [0, 0.05) is 57.7 Å². The quantitative estimate of drug-likeness (QED) is 0.619. The van der Waals surface area contributed by atoms with Gasteiger partial charge in [-0.3, -0.25) is 14.6 Å². The van der Waals surface area contributed by atoms with E-state index in [2.05, 4.69) is 14.9 Å². The van der Waals surface area contributed by atoms with E-state index >= 15 is 0 Å². The van der Waals surface area contributed by atoms with E-state index in [-0.39, 0.29) is 18.4 Å². The van der Waals surface area contributed by atoms with Gasteiger partial charge in [-0.1, -0.05) is 6.92 Å². The summed E-state index contributed by atoms with van der Waals surface area (Å²) in [6.45, 7) is 7.05. The van der Waals surface area contributed by atoms with E-state index in [1.54, 1.807) is 30.4 Å². The number of carbonyl (C=O) groups is 2. The first-order chi connectivity index (χ1) is 13.0. The second-order valence-corrected chi connectivity index (χ2v) is 6.90. The zero-order chi connectivity index (χ0) is 19.6. The molecule has 1 aliphatic heterocycles. The second-order valence-electron chi connectivity index (χ2n) is 6.90. The summed E-state index contributed by atoms with van der Waals surface area (Å²) in [6.07, 6.45) is 7.22. The summed E-state index contributed by atoms with van der Waals surface area (Å²) in [5, 5.41) is 9.21. The van der Waals surface area contributed by atoms with E-state index < -0.39 is 11.9 Å². The van der Waals surface area contributed by atoms with Crippen LogP contribution in [0, 0.1) is 11.8 Å². The number of carbonyl (C=O) groups excluding carboxylic acids is 1. The van der Waals surface area contributed by atoms with Crippen LogP contribution in [0.5, 0.6) is 0 Å². The van der Waals surface area contributed by atoms with Crippen LogP contribution in [0.15, 0.2) is 18.6 Å². The van der Waals surface area contributed by atoms with Gasteiger partial charge < -0.3 is 19.6 Å². The molecule has 0 spiro atoms. The van der Waals surface area contributed by atoms with Crippen molar-refractivity contribution in [1.29, 1.82) is 0 Å². The summed E-state index contributed by atoms with van der Waals surface area (Å²) in [6, 6.07) is 0. The van der Waals surface area contributed by atoms with E-state index in [0.717, 1.165) is 31.7 Å². The molecule has 1 unspecified atom stereocenters. The van der Waals surface area contributed by atoms with Crippen molar-refractivity contribution in [3.63, 3.8) is 0 Å². The Labute approximate surface area is 160 Å². The molecular weight excluding hydrogens is 348 g/mol. The van der Waals surface area contributed by atoms with Gasteiger partial charge in [0.2, 0.25) is 5.91 Å². The number of rotatable bonds is 10. The molecule has 0 radical (unpaired) electrons. The molecule has 8 heteroatoms. The Morgan fingerprint density at radius 1 is 1.37 bits per heavy atom. The summed E-state index contributed by atoms with van der Waals surface area (Å²) < 4.78 is 5.35. The van der Waals surface area contributed by atoms with Gasteiger partial charge in [-0.25, -0.2) is 4.98 Å². The zero-order valence-electron chi connectivity index (χ0n) is 16.2. The van der Waals surface area contributed by atoms with Crippen molar-refractivity contribution in [3.05, 3.63) is 18.6 Å². The number of hydrogen-bond donors (Lipinski definition) is 1. The van der Waals surface area contributed by atoms with Gasteiger partial charge in [-0.05, 0) is 26.2 Å². The number of carboxylic acid groups (broad SMARTS) is 1. The minimum absolute atomic E-state index is 0.0541. The lowest BCUT2D eigenvalue weighted by molar-refractivity contribution is -0.144. The number of aromatic nitrogens is 2. The van der Waals surface area contributed by atoms with Crippen LogP contribution in [-0.2, 0) is 14.3 Å². The summed E-state index contributed by atoms with van der Waals surface area (Å²) in [7, 11) is 0. The summed E-state index contributed by atoms with van der Waals surface area (Å²) in [5.74, 6) is -0.656. The van der Waals surface area contributed by atoms with Crippen LogP contribution in [0.2, 0.25) is 0 Å². The Bertz CT molecular complexity index is 591. The maximum atomic E-state index is 13.0. The predicted molar refractivity (Wildman–Crippen MR) is 101 cm³/mol. The SMILES string of the molecule is CCOCCCN(CC(C)C(=O)O)C(=O)C1CCN(c2cnccn2)CC1. The molecule has 1 aliphatic rings. The molecule has 2 rings (SSSR count). The monoisotopic (exact) mass is 378 g/mol. The first-order valence-corrected chi connectivity index (χ1v) is 9.63. The average Bonchev–Trinajstić information content (AvgIpc) is 2.70. The van der Waals surface area contributed by atoms with E-state index in [9.17, 15) is 14.7 Å². The van der Waals surface area contributed by atoms with Crippen LogP contribution < -0.4 is 4.90 Å². The molecule has 2 heterocycles. The van der Waals surface area contributed by atoms with Crippen molar-refractivity contribution >= 4 is 17.7 Å². The highest BCUT2D eigenvalue weighted by molar-refractivity contribution is 5.80. The van der Waals surface area contributed by atoms with Crippen molar-refractivity contribution in [2.75, 3.05) is 44.3 Å². The van der Waals surface area contributed by atoms with Gasteiger partial charge in [-0.15, -0.1) is 0 Å². The van der Waals surface area contributed by atoms with Gasteiger partial charge in [-0.2, -0.15) is 0 Å². The lowest BCUT2D eigenvalue weighted by Gasteiger charge is -2.35. The first kappa shape index (κ1) is 21.1. The largest absolute Gasteiger partial charge is 0.481 e. The molecule has 0 bridgehead atoms. The minimum atomic E-state index is -0.880. The fraction of sp³-hybridized carbons (Fsp3) is 0.684. The fourth-order valence-corrected chi connectivity index (χ4v) is 3.27. The Kier molecular flexibility index (Phi) is 8.44. The third kappa shape index (κ3) is 6.46. The highest BCUT2D eigenvalue weighted by Gasteiger charge is 2.30. The highest BCUT2D eigenvalue weighted by atomic mass is 16.5. The van der Waals surface area contributed by atoms with Crippen LogP contribution in [0.25, 0.3) is 0 Å². The van der Waals surface area contributed by atoms with Crippen LogP contribution in [0.4, 0.5) is 5.82 Å². The van der Waals surface area contributed by atoms with Crippen molar-refractivity contribution < 1.29 is 19.4 Å². The van der Waals surface area contributed by atoms with Gasteiger partial charge in [0.25, 0.3) is 0 Å². The molecule has 1 atom stereocenters. The third-order valence-electron chi connectivity index (χ3n) is 4.87. The molecule has 150 valence electrons. The number of anilines is 1. The molecule has 0 aliphatic carbocycles. The summed E-state index contributed by atoms with van der Waals surface area (Å²) in [4.78, 5) is 36.5. The smallest absolute Gasteiger partial charge is 0.308 e. The minimum Gasteiger partial charge on any atom is -0.481 e. The molecule has 1 aromatic heterocycles. The van der Waals surface area contributed by atoms with Crippen molar-refractivity contribution in [3.8, 4) is 0 Å². The van der Waals surface area contributed by atoms with Crippen LogP contribution >= 0.6 is 0 Å². The molecule has 1 saturated heterocycles. The van der Waals surface area contributed by atoms with Crippen molar-refractivity contribution in [2.24, 2.45) is 11.8 Å². The molecule has 8 nitrogen and oxygen atoms in total.